The minimum atomic E-state index is -4.36. The maximum absolute atomic E-state index is 12.6. The Morgan fingerprint density at radius 2 is 2.00 bits per heavy atom. The van der Waals surface area contributed by atoms with Gasteiger partial charge in [0.15, 0.2) is 0 Å². The Bertz CT molecular complexity index is 695. The Labute approximate surface area is 137 Å². The largest absolute Gasteiger partial charge is 0.441 e. The van der Waals surface area contributed by atoms with Gasteiger partial charge in [0, 0.05) is 18.2 Å². The second kappa shape index (κ2) is 6.57. The summed E-state index contributed by atoms with van der Waals surface area (Å²) in [6.45, 7) is 3.37. The highest BCUT2D eigenvalue weighted by atomic mass is 19.4. The summed E-state index contributed by atoms with van der Waals surface area (Å²) in [5, 5.41) is 9.38. The Morgan fingerprint density at radius 3 is 2.62 bits per heavy atom. The molecule has 1 N–H and O–H groups in total. The molecule has 2 aromatic rings. The van der Waals surface area contributed by atoms with Crippen molar-refractivity contribution in [3.63, 3.8) is 0 Å². The van der Waals surface area contributed by atoms with Gasteiger partial charge in [0.1, 0.15) is 5.76 Å². The lowest BCUT2D eigenvalue weighted by atomic mass is 10.1. The zero-order chi connectivity index (χ0) is 17.3. The monoisotopic (exact) mass is 340 g/mol. The van der Waals surface area contributed by atoms with Crippen molar-refractivity contribution in [2.24, 2.45) is 0 Å². The molecule has 1 aliphatic rings. The Balaban J connectivity index is 1.78. The summed E-state index contributed by atoms with van der Waals surface area (Å²) in [7, 11) is 0. The van der Waals surface area contributed by atoms with Gasteiger partial charge in [-0.25, -0.2) is 4.98 Å². The average molecular weight is 340 g/mol. The van der Waals surface area contributed by atoms with Gasteiger partial charge < -0.3 is 9.52 Å². The van der Waals surface area contributed by atoms with E-state index >= 15 is 0 Å². The number of rotatable bonds is 4. The van der Waals surface area contributed by atoms with Crippen molar-refractivity contribution in [2.75, 3.05) is 13.2 Å². The Hall–Kier alpha value is -1.86. The summed E-state index contributed by atoms with van der Waals surface area (Å²) in [4.78, 5) is 6.59. The van der Waals surface area contributed by atoms with Crippen LogP contribution in [0.4, 0.5) is 13.2 Å². The molecule has 2 heterocycles. The van der Waals surface area contributed by atoms with E-state index in [2.05, 4.69) is 9.88 Å². The summed E-state index contributed by atoms with van der Waals surface area (Å²) in [5.41, 5.74) is 0.570. The van der Waals surface area contributed by atoms with E-state index in [9.17, 15) is 18.3 Å². The van der Waals surface area contributed by atoms with E-state index < -0.39 is 11.7 Å². The zero-order valence-electron chi connectivity index (χ0n) is 13.3. The third kappa shape index (κ3) is 3.47. The zero-order valence-corrected chi connectivity index (χ0v) is 13.3. The Kier molecular flexibility index (Phi) is 4.64. The number of halogens is 3. The van der Waals surface area contributed by atoms with Crippen molar-refractivity contribution in [3.8, 4) is 11.5 Å². The molecule has 1 saturated heterocycles. The summed E-state index contributed by atoms with van der Waals surface area (Å²) >= 11 is 0. The van der Waals surface area contributed by atoms with E-state index in [1.807, 2.05) is 0 Å². The minimum Gasteiger partial charge on any atom is -0.441 e. The molecule has 1 fully saturated rings. The predicted molar refractivity (Wildman–Crippen MR) is 82.2 cm³/mol. The number of aliphatic hydroxyl groups is 1. The quantitative estimate of drug-likeness (QED) is 0.923. The number of nitrogens with zero attached hydrogens (tertiary/aromatic N) is 2. The van der Waals surface area contributed by atoms with Gasteiger partial charge in [0.2, 0.25) is 5.89 Å². The van der Waals surface area contributed by atoms with Crippen LogP contribution >= 0.6 is 0 Å². The molecule has 0 aliphatic carbocycles. The van der Waals surface area contributed by atoms with E-state index in [0.29, 0.717) is 23.8 Å². The van der Waals surface area contributed by atoms with E-state index in [4.69, 9.17) is 4.42 Å². The average Bonchev–Trinajstić information content (AvgIpc) is 3.14. The first-order valence-corrected chi connectivity index (χ1v) is 7.87. The molecular weight excluding hydrogens is 321 g/mol. The van der Waals surface area contributed by atoms with Crippen LogP contribution in [0, 0.1) is 6.92 Å². The molecule has 130 valence electrons. The van der Waals surface area contributed by atoms with Gasteiger partial charge in [0.05, 0.1) is 17.9 Å². The lowest BCUT2D eigenvalue weighted by molar-refractivity contribution is -0.137. The predicted octanol–water partition coefficient (Wildman–Crippen LogP) is 3.63. The third-order valence-corrected chi connectivity index (χ3v) is 4.41. The van der Waals surface area contributed by atoms with Gasteiger partial charge in [0.25, 0.3) is 0 Å². The summed E-state index contributed by atoms with van der Waals surface area (Å²) in [5.74, 6) is 0.962. The van der Waals surface area contributed by atoms with Gasteiger partial charge >= 0.3 is 6.18 Å². The first-order valence-electron chi connectivity index (χ1n) is 7.87. The van der Waals surface area contributed by atoms with Gasteiger partial charge in [-0.15, -0.1) is 0 Å². The van der Waals surface area contributed by atoms with Crippen molar-refractivity contribution in [1.29, 1.82) is 0 Å². The SMILES string of the molecule is Cc1oc(-c2ccc(C(F)(F)F)cc2)nc1CN1CCC[C@H]1CO. The third-order valence-electron chi connectivity index (χ3n) is 4.41. The fourth-order valence-electron chi connectivity index (χ4n) is 3.00. The van der Waals surface area contributed by atoms with Crippen LogP contribution in [0.3, 0.4) is 0 Å². The standard InChI is InChI=1S/C17H19F3N2O2/c1-11-15(9-22-8-2-3-14(22)10-23)21-16(24-11)12-4-6-13(7-5-12)17(18,19)20/h4-7,14,23H,2-3,8-10H2,1H3/t14-/m0/s1. The molecule has 0 amide bonds. The fourth-order valence-corrected chi connectivity index (χ4v) is 3.00. The fraction of sp³-hybridized carbons (Fsp3) is 0.471. The van der Waals surface area contributed by atoms with Crippen LogP contribution in [0.1, 0.15) is 29.9 Å². The van der Waals surface area contributed by atoms with Crippen molar-refractivity contribution in [2.45, 2.75) is 38.5 Å². The van der Waals surface area contributed by atoms with Gasteiger partial charge in [-0.3, -0.25) is 4.90 Å². The van der Waals surface area contributed by atoms with Crippen LogP contribution in [0.2, 0.25) is 0 Å². The van der Waals surface area contributed by atoms with Gasteiger partial charge in [-0.05, 0) is 50.6 Å². The molecule has 1 aromatic heterocycles. The summed E-state index contributed by atoms with van der Waals surface area (Å²) < 4.78 is 43.5. The van der Waals surface area contributed by atoms with E-state index in [1.54, 1.807) is 6.92 Å². The minimum absolute atomic E-state index is 0.114. The smallest absolute Gasteiger partial charge is 0.416 e. The maximum Gasteiger partial charge on any atom is 0.416 e. The van der Waals surface area contributed by atoms with Crippen LogP contribution in [0.25, 0.3) is 11.5 Å². The highest BCUT2D eigenvalue weighted by Gasteiger charge is 2.30. The van der Waals surface area contributed by atoms with Crippen LogP contribution in [0.15, 0.2) is 28.7 Å². The molecule has 7 heteroatoms. The van der Waals surface area contributed by atoms with Gasteiger partial charge in [-0.2, -0.15) is 13.2 Å². The number of hydrogen-bond acceptors (Lipinski definition) is 4. The molecule has 24 heavy (non-hydrogen) atoms. The summed E-state index contributed by atoms with van der Waals surface area (Å²) in [6, 6.07) is 4.91. The van der Waals surface area contributed by atoms with Crippen LogP contribution in [0.5, 0.6) is 0 Å². The van der Waals surface area contributed by atoms with Crippen LogP contribution in [-0.2, 0) is 12.7 Å². The molecule has 0 saturated carbocycles. The molecule has 1 aromatic carbocycles. The first-order chi connectivity index (χ1) is 11.4. The molecule has 1 atom stereocenters. The molecule has 1 aliphatic heterocycles. The number of likely N-dealkylation sites (tertiary alicyclic amines) is 1. The number of alkyl halides is 3. The van der Waals surface area contributed by atoms with Crippen molar-refractivity contribution in [3.05, 3.63) is 41.3 Å². The molecule has 0 spiro atoms. The molecular formula is C17H19F3N2O2. The molecule has 3 rings (SSSR count). The van der Waals surface area contributed by atoms with E-state index in [0.717, 1.165) is 37.2 Å². The lowest BCUT2D eigenvalue weighted by Crippen LogP contribution is -2.31. The van der Waals surface area contributed by atoms with Crippen molar-refractivity contribution < 1.29 is 22.7 Å². The van der Waals surface area contributed by atoms with Crippen molar-refractivity contribution in [1.82, 2.24) is 9.88 Å². The highest BCUT2D eigenvalue weighted by Crippen LogP contribution is 2.31. The topological polar surface area (TPSA) is 49.5 Å². The molecule has 0 unspecified atom stereocenters. The number of aromatic nitrogens is 1. The van der Waals surface area contributed by atoms with Crippen molar-refractivity contribution >= 4 is 0 Å². The first kappa shape index (κ1) is 17.0. The van der Waals surface area contributed by atoms with Crippen LogP contribution < -0.4 is 0 Å². The molecule has 4 nitrogen and oxygen atoms in total. The second-order valence-corrected chi connectivity index (χ2v) is 6.05. The number of oxazole rings is 1. The number of benzene rings is 1. The maximum atomic E-state index is 12.6. The van der Waals surface area contributed by atoms with E-state index in [-0.39, 0.29) is 12.6 Å². The number of hydrogen-bond donors (Lipinski definition) is 1. The van der Waals surface area contributed by atoms with E-state index in [1.165, 1.54) is 12.1 Å². The Morgan fingerprint density at radius 1 is 1.29 bits per heavy atom. The molecule has 0 radical (unpaired) electrons. The highest BCUT2D eigenvalue weighted by molar-refractivity contribution is 5.54. The molecule has 0 bridgehead atoms. The van der Waals surface area contributed by atoms with Crippen LogP contribution in [-0.4, -0.2) is 34.2 Å². The van der Waals surface area contributed by atoms with Gasteiger partial charge in [-0.1, -0.05) is 0 Å². The summed E-state index contributed by atoms with van der Waals surface area (Å²) in [6.07, 6.45) is -2.36. The lowest BCUT2D eigenvalue weighted by Gasteiger charge is -2.21. The second-order valence-electron chi connectivity index (χ2n) is 6.05. The normalized spacial score (nSPS) is 19.1. The number of aliphatic hydroxyl groups excluding tert-OH is 1. The number of aryl methyl sites for hydroxylation is 1.